The number of carbonyl (C=O) groups is 3. The van der Waals surface area contributed by atoms with E-state index >= 15 is 0 Å². The predicted molar refractivity (Wildman–Crippen MR) is 141 cm³/mol. The minimum atomic E-state index is -0.137. The lowest BCUT2D eigenvalue weighted by molar-refractivity contribution is -0.140. The zero-order chi connectivity index (χ0) is 25.9. The molecule has 0 aromatic carbocycles. The molecular weight excluding hydrogens is 452 g/mol. The van der Waals surface area contributed by atoms with E-state index in [4.69, 9.17) is 0 Å². The highest BCUT2D eigenvalue weighted by molar-refractivity contribution is 5.89. The summed E-state index contributed by atoms with van der Waals surface area (Å²) in [6.45, 7) is 5.73. The third-order valence-electron chi connectivity index (χ3n) is 10.9. The van der Waals surface area contributed by atoms with Crippen LogP contribution in [0.1, 0.15) is 97.3 Å². The van der Waals surface area contributed by atoms with E-state index in [1.807, 2.05) is 18.0 Å². The second-order valence-electron chi connectivity index (χ2n) is 12.6. The number of likely N-dealkylation sites (N-methyl/N-ethyl adjacent to an activating group) is 1. The first kappa shape index (κ1) is 27.2. The molecule has 202 valence electrons. The molecular formula is C30H48N2O4. The van der Waals surface area contributed by atoms with E-state index in [2.05, 4.69) is 30.0 Å². The first-order valence-corrected chi connectivity index (χ1v) is 14.5. The van der Waals surface area contributed by atoms with Gasteiger partial charge in [-0.1, -0.05) is 39.2 Å². The van der Waals surface area contributed by atoms with E-state index in [9.17, 15) is 14.4 Å². The molecule has 3 fully saturated rings. The number of hydrogen-bond acceptors (Lipinski definition) is 4. The topological polar surface area (TPSA) is 75.7 Å². The summed E-state index contributed by atoms with van der Waals surface area (Å²) in [5.41, 5.74) is 0.413. The van der Waals surface area contributed by atoms with Gasteiger partial charge in [0.05, 0.1) is 7.11 Å². The summed E-state index contributed by atoms with van der Waals surface area (Å²) in [4.78, 5) is 38.0. The first-order valence-electron chi connectivity index (χ1n) is 14.5. The molecule has 1 aliphatic heterocycles. The van der Waals surface area contributed by atoms with Crippen LogP contribution in [0.3, 0.4) is 0 Å². The van der Waals surface area contributed by atoms with Crippen LogP contribution in [0, 0.1) is 34.5 Å². The van der Waals surface area contributed by atoms with Crippen molar-refractivity contribution in [3.05, 3.63) is 12.2 Å². The molecule has 3 aliphatic carbocycles. The Balaban J connectivity index is 1.23. The molecule has 4 rings (SSSR count). The molecule has 6 nitrogen and oxygen atoms in total. The molecule has 1 N–H and O–H groups in total. The Kier molecular flexibility index (Phi) is 8.51. The van der Waals surface area contributed by atoms with Gasteiger partial charge in [0, 0.05) is 37.9 Å². The minimum absolute atomic E-state index is 0.0958. The first-order chi connectivity index (χ1) is 17.2. The highest BCUT2D eigenvalue weighted by Crippen LogP contribution is 2.65. The normalized spacial score (nSPS) is 37.2. The van der Waals surface area contributed by atoms with Gasteiger partial charge in [-0.3, -0.25) is 14.4 Å². The molecule has 0 aromatic heterocycles. The summed E-state index contributed by atoms with van der Waals surface area (Å²) in [7, 11) is 3.42. The Morgan fingerprint density at radius 2 is 1.72 bits per heavy atom. The average Bonchev–Trinajstić information content (AvgIpc) is 3.20. The summed E-state index contributed by atoms with van der Waals surface area (Å²) < 4.78 is 4.67. The van der Waals surface area contributed by atoms with Crippen molar-refractivity contribution in [1.29, 1.82) is 0 Å². The highest BCUT2D eigenvalue weighted by Gasteiger charge is 2.60. The molecule has 4 aliphatic rings. The van der Waals surface area contributed by atoms with Gasteiger partial charge in [0.25, 0.3) is 0 Å². The number of ether oxygens (including phenoxy) is 1. The van der Waals surface area contributed by atoms with E-state index in [1.165, 1.54) is 39.2 Å². The number of unbranched alkanes of at least 4 members (excludes halogenated alkanes) is 4. The largest absolute Gasteiger partial charge is 0.469 e. The van der Waals surface area contributed by atoms with Crippen molar-refractivity contribution in [3.63, 3.8) is 0 Å². The Labute approximate surface area is 218 Å². The van der Waals surface area contributed by atoms with Crippen LogP contribution in [0.15, 0.2) is 12.2 Å². The van der Waals surface area contributed by atoms with Crippen LogP contribution in [-0.4, -0.2) is 49.4 Å². The average molecular weight is 501 g/mol. The maximum Gasteiger partial charge on any atom is 0.305 e. The SMILES string of the molecule is COC(=O)CCCCCCCC(=O)NC[C@H]1CC[C@H]2[C@@H]3CC[C@H]4N(C)C(=O)C=C[C@]4(C)[C@H]3CC[C@]12C. The smallest absolute Gasteiger partial charge is 0.305 e. The van der Waals surface area contributed by atoms with Crippen molar-refractivity contribution in [2.75, 3.05) is 20.7 Å². The maximum absolute atomic E-state index is 12.6. The van der Waals surface area contributed by atoms with Crippen LogP contribution in [0.2, 0.25) is 0 Å². The fraction of sp³-hybridized carbons (Fsp3) is 0.833. The van der Waals surface area contributed by atoms with Gasteiger partial charge in [-0.15, -0.1) is 0 Å². The van der Waals surface area contributed by atoms with Crippen molar-refractivity contribution >= 4 is 17.8 Å². The molecule has 3 saturated carbocycles. The molecule has 1 heterocycles. The van der Waals surface area contributed by atoms with Crippen molar-refractivity contribution < 1.29 is 19.1 Å². The van der Waals surface area contributed by atoms with Crippen LogP contribution >= 0.6 is 0 Å². The second-order valence-corrected chi connectivity index (χ2v) is 12.6. The van der Waals surface area contributed by atoms with Gasteiger partial charge in [0.1, 0.15) is 0 Å². The summed E-state index contributed by atoms with van der Waals surface area (Å²) in [6, 6.07) is 0.338. The maximum atomic E-state index is 12.6. The number of methoxy groups -OCH3 is 1. The fourth-order valence-electron chi connectivity index (χ4n) is 8.70. The third kappa shape index (κ3) is 5.24. The Bertz CT molecular complexity index is 856. The van der Waals surface area contributed by atoms with Crippen LogP contribution < -0.4 is 5.32 Å². The lowest BCUT2D eigenvalue weighted by Gasteiger charge is -2.60. The summed E-state index contributed by atoms with van der Waals surface area (Å²) in [5.74, 6) is 2.91. The van der Waals surface area contributed by atoms with Crippen LogP contribution in [0.4, 0.5) is 0 Å². The molecule has 2 amide bonds. The molecule has 0 saturated heterocycles. The number of esters is 1. The van der Waals surface area contributed by atoms with Gasteiger partial charge in [-0.25, -0.2) is 0 Å². The molecule has 0 aromatic rings. The molecule has 6 heteroatoms. The van der Waals surface area contributed by atoms with Crippen molar-refractivity contribution in [1.82, 2.24) is 10.2 Å². The van der Waals surface area contributed by atoms with Gasteiger partial charge in [-0.05, 0) is 86.5 Å². The summed E-state index contributed by atoms with van der Waals surface area (Å²) in [5, 5.41) is 3.29. The number of fused-ring (bicyclic) bond motifs is 5. The molecule has 0 bridgehead atoms. The number of carbonyl (C=O) groups excluding carboxylic acids is 3. The lowest BCUT2D eigenvalue weighted by Crippen LogP contribution is -2.59. The van der Waals surface area contributed by atoms with Crippen LogP contribution in [0.25, 0.3) is 0 Å². The number of nitrogens with one attached hydrogen (secondary N) is 1. The molecule has 0 radical (unpaired) electrons. The monoisotopic (exact) mass is 500 g/mol. The summed E-state index contributed by atoms with van der Waals surface area (Å²) in [6.07, 6.45) is 17.4. The number of amides is 2. The van der Waals surface area contributed by atoms with E-state index in [0.29, 0.717) is 36.1 Å². The van der Waals surface area contributed by atoms with Gasteiger partial charge >= 0.3 is 5.97 Å². The van der Waals surface area contributed by atoms with Gasteiger partial charge in [0.15, 0.2) is 0 Å². The van der Waals surface area contributed by atoms with Crippen molar-refractivity contribution in [3.8, 4) is 0 Å². The highest BCUT2D eigenvalue weighted by atomic mass is 16.5. The third-order valence-corrected chi connectivity index (χ3v) is 10.9. The second kappa shape index (κ2) is 11.3. The predicted octanol–water partition coefficient (Wildman–Crippen LogP) is 5.26. The zero-order valence-electron chi connectivity index (χ0n) is 23.0. The van der Waals surface area contributed by atoms with Crippen molar-refractivity contribution in [2.45, 2.75) is 103 Å². The van der Waals surface area contributed by atoms with Crippen LogP contribution in [0.5, 0.6) is 0 Å². The number of rotatable bonds is 10. The Morgan fingerprint density at radius 3 is 2.47 bits per heavy atom. The molecule has 0 unspecified atom stereocenters. The van der Waals surface area contributed by atoms with Crippen molar-refractivity contribution in [2.24, 2.45) is 34.5 Å². The Hall–Kier alpha value is -1.85. The summed E-state index contributed by atoms with van der Waals surface area (Å²) >= 11 is 0. The van der Waals surface area contributed by atoms with E-state index < -0.39 is 0 Å². The van der Waals surface area contributed by atoms with Gasteiger partial charge < -0.3 is 15.0 Å². The quantitative estimate of drug-likeness (QED) is 0.328. The number of nitrogens with zero attached hydrogens (tertiary/aromatic N) is 1. The molecule has 36 heavy (non-hydrogen) atoms. The number of hydrogen-bond donors (Lipinski definition) is 1. The van der Waals surface area contributed by atoms with E-state index in [-0.39, 0.29) is 23.2 Å². The Morgan fingerprint density at radius 1 is 1.00 bits per heavy atom. The van der Waals surface area contributed by atoms with Gasteiger partial charge in [0.2, 0.25) is 11.8 Å². The van der Waals surface area contributed by atoms with Crippen LogP contribution in [-0.2, 0) is 19.1 Å². The standard InChI is InChI=1S/C30H48N2O4/c1-29-18-16-24-22(13-15-25-30(24,2)19-17-27(34)32(25)3)23(29)14-12-21(29)20-31-26(33)10-8-6-5-7-9-11-28(35)36-4/h17,19,21-25H,5-16,18,20H2,1-4H3,(H,31,33)/t21-,22+,23+,24+,25-,29-,30-/m1/s1. The lowest BCUT2D eigenvalue weighted by atomic mass is 9.47. The zero-order valence-corrected chi connectivity index (χ0v) is 23.0. The molecule has 0 spiro atoms. The fourth-order valence-corrected chi connectivity index (χ4v) is 8.70. The van der Waals surface area contributed by atoms with E-state index in [0.717, 1.165) is 56.9 Å². The molecule has 7 atom stereocenters. The minimum Gasteiger partial charge on any atom is -0.469 e. The van der Waals surface area contributed by atoms with E-state index in [1.54, 1.807) is 0 Å². The van der Waals surface area contributed by atoms with Gasteiger partial charge in [-0.2, -0.15) is 0 Å².